The van der Waals surface area contributed by atoms with Gasteiger partial charge in [0.25, 0.3) is 0 Å². The number of alkyl carbamates (subject to hydrolysis) is 1. The highest BCUT2D eigenvalue weighted by Gasteiger charge is 2.31. The number of aliphatic carboxylic acids is 1. The molecule has 8 heteroatoms. The lowest BCUT2D eigenvalue weighted by molar-refractivity contribution is -0.137. The fourth-order valence-electron chi connectivity index (χ4n) is 6.28. The number of carboxylic acid groups (broad SMARTS) is 1. The van der Waals surface area contributed by atoms with Crippen LogP contribution in [0.3, 0.4) is 0 Å². The number of carboxylic acids is 1. The first-order valence-corrected chi connectivity index (χ1v) is 18.1. The van der Waals surface area contributed by atoms with Gasteiger partial charge in [-0.15, -0.1) is 11.8 Å². The molecule has 0 saturated heterocycles. The number of amides is 2. The van der Waals surface area contributed by atoms with Crippen LogP contribution < -0.4 is 10.6 Å². The van der Waals surface area contributed by atoms with Gasteiger partial charge in [0.2, 0.25) is 5.91 Å². The average molecular weight is 647 g/mol. The lowest BCUT2D eigenvalue weighted by Crippen LogP contribution is -2.30. The maximum absolute atomic E-state index is 13.2. The number of fused-ring (bicyclic) bond motifs is 2. The minimum absolute atomic E-state index is 0.0352. The summed E-state index contributed by atoms with van der Waals surface area (Å²) in [4.78, 5) is 36.2. The molecule has 0 spiro atoms. The van der Waals surface area contributed by atoms with Crippen LogP contribution in [0.2, 0.25) is 0 Å². The first-order chi connectivity index (χ1) is 22.5. The normalized spacial score (nSPS) is 15.6. The van der Waals surface area contributed by atoms with Crippen LogP contribution in [0.15, 0.2) is 72.3 Å². The van der Waals surface area contributed by atoms with Crippen molar-refractivity contribution in [2.75, 3.05) is 25.4 Å². The first-order valence-electron chi connectivity index (χ1n) is 17.1. The second-order valence-electron chi connectivity index (χ2n) is 12.2. The van der Waals surface area contributed by atoms with Gasteiger partial charge in [-0.2, -0.15) is 0 Å². The molecule has 248 valence electrons. The Kier molecular flexibility index (Phi) is 15.3. The maximum atomic E-state index is 13.2. The van der Waals surface area contributed by atoms with Gasteiger partial charge < -0.3 is 20.5 Å². The smallest absolute Gasteiger partial charge is 0.407 e. The van der Waals surface area contributed by atoms with E-state index in [2.05, 4.69) is 47.1 Å². The van der Waals surface area contributed by atoms with Crippen LogP contribution in [-0.2, 0) is 14.3 Å². The minimum Gasteiger partial charge on any atom is -0.481 e. The van der Waals surface area contributed by atoms with E-state index in [1.165, 1.54) is 35.1 Å². The Morgan fingerprint density at radius 3 is 2.26 bits per heavy atom. The number of ether oxygens (including phenoxy) is 1. The van der Waals surface area contributed by atoms with Crippen molar-refractivity contribution in [3.05, 3.63) is 89.0 Å². The summed E-state index contributed by atoms with van der Waals surface area (Å²) in [5, 5.41) is 14.5. The Morgan fingerprint density at radius 1 is 0.826 bits per heavy atom. The van der Waals surface area contributed by atoms with E-state index in [9.17, 15) is 14.4 Å². The zero-order chi connectivity index (χ0) is 32.4. The molecule has 0 heterocycles. The quantitative estimate of drug-likeness (QED) is 0.117. The molecule has 2 unspecified atom stereocenters. The Balaban J connectivity index is 1.08. The summed E-state index contributed by atoms with van der Waals surface area (Å²) in [5.41, 5.74) is 6.19. The zero-order valence-electron chi connectivity index (χ0n) is 27.0. The molecule has 0 radical (unpaired) electrons. The molecule has 3 N–H and O–H groups in total. The third-order valence-electron chi connectivity index (χ3n) is 8.72. The topological polar surface area (TPSA) is 105 Å². The Bertz CT molecular complexity index is 1330. The van der Waals surface area contributed by atoms with E-state index >= 15 is 0 Å². The van der Waals surface area contributed by atoms with Crippen molar-refractivity contribution < 1.29 is 24.2 Å². The van der Waals surface area contributed by atoms with Gasteiger partial charge in [0.15, 0.2) is 0 Å². The van der Waals surface area contributed by atoms with Crippen LogP contribution in [0.1, 0.15) is 111 Å². The summed E-state index contributed by atoms with van der Waals surface area (Å²) in [5.74, 6) is 0.384. The molecule has 0 aliphatic heterocycles. The molecule has 0 fully saturated rings. The van der Waals surface area contributed by atoms with Gasteiger partial charge in [0.05, 0.1) is 0 Å². The van der Waals surface area contributed by atoms with Crippen LogP contribution >= 0.6 is 11.8 Å². The lowest BCUT2D eigenvalue weighted by Gasteiger charge is -2.18. The fraction of sp³-hybridized carbons (Fsp3) is 0.500. The van der Waals surface area contributed by atoms with Crippen molar-refractivity contribution in [3.8, 4) is 0 Å². The van der Waals surface area contributed by atoms with Crippen LogP contribution in [0.5, 0.6) is 0 Å². The summed E-state index contributed by atoms with van der Waals surface area (Å²) in [7, 11) is 0. The van der Waals surface area contributed by atoms with Gasteiger partial charge in [-0.3, -0.25) is 9.59 Å². The molecule has 0 saturated carbocycles. The predicted octanol–water partition coefficient (Wildman–Crippen LogP) is 8.58. The number of rotatable bonds is 21. The molecule has 2 aromatic carbocycles. The van der Waals surface area contributed by atoms with E-state index in [1.54, 1.807) is 11.8 Å². The van der Waals surface area contributed by atoms with E-state index < -0.39 is 12.1 Å². The third-order valence-corrected chi connectivity index (χ3v) is 10.1. The Hall–Kier alpha value is -3.52. The number of allylic oxidation sites excluding steroid dienone is 3. The molecule has 4 rings (SSSR count). The van der Waals surface area contributed by atoms with E-state index in [1.807, 2.05) is 30.3 Å². The molecular weight excluding hydrogens is 596 g/mol. The Morgan fingerprint density at radius 2 is 1.50 bits per heavy atom. The van der Waals surface area contributed by atoms with Crippen LogP contribution in [0.25, 0.3) is 5.57 Å². The largest absolute Gasteiger partial charge is 0.481 e. The highest BCUT2D eigenvalue weighted by Crippen LogP contribution is 2.46. The standard InChI is InChI=1S/C38H50N2O5S/c41-35(42)24-10-5-3-1-2-4-6-17-27-46-36(29-18-8-7-9-19-29)37(43)39-25-15-16-26-40-38(44)45-28-34-32-22-13-11-20-30(32)31-21-12-14-23-33(31)34/h7-9,11-13,18-22,34,36H,1-6,10,14-17,23-28H2,(H,39,43)(H,40,44)(H,41,42). The van der Waals surface area contributed by atoms with Crippen LogP contribution in [0, 0.1) is 0 Å². The van der Waals surface area contributed by atoms with Crippen LogP contribution in [-0.4, -0.2) is 48.5 Å². The second-order valence-corrected chi connectivity index (χ2v) is 13.4. The van der Waals surface area contributed by atoms with Crippen molar-refractivity contribution in [2.24, 2.45) is 0 Å². The fourth-order valence-corrected chi connectivity index (χ4v) is 7.47. The minimum atomic E-state index is -0.706. The van der Waals surface area contributed by atoms with E-state index in [0.29, 0.717) is 19.7 Å². The van der Waals surface area contributed by atoms with Crippen molar-refractivity contribution in [1.29, 1.82) is 0 Å². The molecule has 2 aromatic rings. The lowest BCUT2D eigenvalue weighted by atomic mass is 9.91. The van der Waals surface area contributed by atoms with Gasteiger partial charge in [0, 0.05) is 25.4 Å². The number of carbonyl (C=O) groups is 3. The van der Waals surface area contributed by atoms with Gasteiger partial charge >= 0.3 is 12.1 Å². The van der Waals surface area contributed by atoms with Gasteiger partial charge in [-0.25, -0.2) is 4.79 Å². The van der Waals surface area contributed by atoms with Crippen LogP contribution in [0.4, 0.5) is 4.79 Å². The molecule has 2 atom stereocenters. The van der Waals surface area contributed by atoms with Gasteiger partial charge in [-0.05, 0) is 66.5 Å². The number of unbranched alkanes of at least 4 members (excludes halogenated alkanes) is 8. The van der Waals surface area contributed by atoms with Crippen molar-refractivity contribution >= 4 is 35.3 Å². The SMILES string of the molecule is O=C(O)CCCCCCCCCCSC(C(=O)NCCCCNC(=O)OCC1C2=C(C=CCC2)c2ccccc21)c1ccccc1. The maximum Gasteiger partial charge on any atom is 0.407 e. The molecule has 0 bridgehead atoms. The van der Waals surface area contributed by atoms with Crippen molar-refractivity contribution in [1.82, 2.24) is 10.6 Å². The molecule has 0 aromatic heterocycles. The van der Waals surface area contributed by atoms with E-state index in [-0.39, 0.29) is 23.5 Å². The molecule has 46 heavy (non-hydrogen) atoms. The number of hydrogen-bond donors (Lipinski definition) is 3. The number of benzene rings is 2. The highest BCUT2D eigenvalue weighted by molar-refractivity contribution is 8.00. The van der Waals surface area contributed by atoms with E-state index in [4.69, 9.17) is 9.84 Å². The zero-order valence-corrected chi connectivity index (χ0v) is 27.8. The Labute approximate surface area is 278 Å². The first kappa shape index (κ1) is 35.3. The number of thioether (sulfide) groups is 1. The molecule has 2 amide bonds. The number of hydrogen-bond acceptors (Lipinski definition) is 5. The van der Waals surface area contributed by atoms with Crippen molar-refractivity contribution in [2.45, 2.75) is 94.6 Å². The molecule has 7 nitrogen and oxygen atoms in total. The summed E-state index contributed by atoms with van der Waals surface area (Å²) in [6.45, 7) is 1.42. The molecule has 2 aliphatic carbocycles. The second kappa shape index (κ2) is 19.9. The summed E-state index contributed by atoms with van der Waals surface area (Å²) in [6, 6.07) is 18.4. The monoisotopic (exact) mass is 646 g/mol. The third kappa shape index (κ3) is 11.4. The molecular formula is C38H50N2O5S. The van der Waals surface area contributed by atoms with Gasteiger partial charge in [0.1, 0.15) is 11.9 Å². The van der Waals surface area contributed by atoms with E-state index in [0.717, 1.165) is 75.5 Å². The number of nitrogens with one attached hydrogen (secondary N) is 2. The average Bonchev–Trinajstić information content (AvgIpc) is 3.39. The number of carbonyl (C=O) groups excluding carboxylic acids is 2. The molecule has 2 aliphatic rings. The summed E-state index contributed by atoms with van der Waals surface area (Å²) >= 11 is 1.70. The highest BCUT2D eigenvalue weighted by atomic mass is 32.2. The summed E-state index contributed by atoms with van der Waals surface area (Å²) in [6.07, 6.45) is 16.5. The van der Waals surface area contributed by atoms with Crippen molar-refractivity contribution in [3.63, 3.8) is 0 Å². The van der Waals surface area contributed by atoms with Gasteiger partial charge in [-0.1, -0.05) is 111 Å². The summed E-state index contributed by atoms with van der Waals surface area (Å²) < 4.78 is 5.65. The predicted molar refractivity (Wildman–Crippen MR) is 187 cm³/mol.